The molecular formula is C18H18N2O6. The fourth-order valence-corrected chi connectivity index (χ4v) is 2.66. The van der Waals surface area contributed by atoms with Gasteiger partial charge in [-0.05, 0) is 31.2 Å². The molecule has 0 saturated carbocycles. The van der Waals surface area contributed by atoms with E-state index in [1.807, 2.05) is 6.07 Å². The molecule has 0 spiro atoms. The molecule has 0 radical (unpaired) electrons. The van der Waals surface area contributed by atoms with Gasteiger partial charge in [0.2, 0.25) is 11.7 Å². The Kier molecular flexibility index (Phi) is 4.92. The van der Waals surface area contributed by atoms with Gasteiger partial charge < -0.3 is 24.5 Å². The molecule has 2 heterocycles. The van der Waals surface area contributed by atoms with Crippen LogP contribution in [0.3, 0.4) is 0 Å². The monoisotopic (exact) mass is 358 g/mol. The van der Waals surface area contributed by atoms with E-state index in [2.05, 4.69) is 5.32 Å². The van der Waals surface area contributed by atoms with Crippen molar-refractivity contribution in [2.75, 3.05) is 11.4 Å². The summed E-state index contributed by atoms with van der Waals surface area (Å²) >= 11 is 0. The molecule has 1 atom stereocenters. The number of carboxylic acid groups (broad SMARTS) is 1. The first-order valence-corrected chi connectivity index (χ1v) is 8.11. The van der Waals surface area contributed by atoms with Crippen molar-refractivity contribution in [3.8, 4) is 5.75 Å². The number of carboxylic acids is 1. The summed E-state index contributed by atoms with van der Waals surface area (Å²) in [5.41, 5.74) is 0.639. The lowest BCUT2D eigenvalue weighted by Gasteiger charge is -2.32. The minimum atomic E-state index is -1.17. The number of anilines is 1. The van der Waals surface area contributed by atoms with Crippen LogP contribution in [0.2, 0.25) is 0 Å². The molecule has 136 valence electrons. The predicted octanol–water partition coefficient (Wildman–Crippen LogP) is 1.80. The maximum absolute atomic E-state index is 12.3. The van der Waals surface area contributed by atoms with Gasteiger partial charge in [-0.15, -0.1) is 0 Å². The van der Waals surface area contributed by atoms with Gasteiger partial charge in [0.05, 0.1) is 12.2 Å². The first-order chi connectivity index (χ1) is 12.5. The second-order valence-corrected chi connectivity index (χ2v) is 5.82. The molecule has 1 aliphatic rings. The van der Waals surface area contributed by atoms with E-state index < -0.39 is 12.1 Å². The van der Waals surface area contributed by atoms with Crippen molar-refractivity contribution in [3.63, 3.8) is 0 Å². The van der Waals surface area contributed by atoms with Gasteiger partial charge >= 0.3 is 5.97 Å². The second kappa shape index (κ2) is 7.30. The standard InChI is InChI=1S/C18H18N2O6/c1-11-17(22)20(13-4-2-3-5-14(13)25-11)9-8-16(21)19-10-12-6-7-15(26-12)18(23)24/h2-7,11H,8-10H2,1H3,(H,19,21)(H,23,24). The third kappa shape index (κ3) is 3.69. The van der Waals surface area contributed by atoms with Gasteiger partial charge in [-0.25, -0.2) is 4.79 Å². The SMILES string of the molecule is CC1Oc2ccccc2N(CCC(=O)NCc2ccc(C(=O)O)o2)C1=O. The van der Waals surface area contributed by atoms with Gasteiger partial charge in [-0.2, -0.15) is 0 Å². The van der Waals surface area contributed by atoms with Crippen LogP contribution in [0.5, 0.6) is 5.75 Å². The topological polar surface area (TPSA) is 109 Å². The van der Waals surface area contributed by atoms with E-state index >= 15 is 0 Å². The molecule has 1 aliphatic heterocycles. The molecule has 8 nitrogen and oxygen atoms in total. The van der Waals surface area contributed by atoms with Gasteiger partial charge in [-0.3, -0.25) is 9.59 Å². The maximum Gasteiger partial charge on any atom is 0.371 e. The molecule has 26 heavy (non-hydrogen) atoms. The zero-order chi connectivity index (χ0) is 18.7. The summed E-state index contributed by atoms with van der Waals surface area (Å²) in [7, 11) is 0. The van der Waals surface area contributed by atoms with Crippen molar-refractivity contribution >= 4 is 23.5 Å². The van der Waals surface area contributed by atoms with E-state index in [9.17, 15) is 14.4 Å². The molecule has 0 saturated heterocycles. The Labute approximate surface area is 149 Å². The second-order valence-electron chi connectivity index (χ2n) is 5.82. The van der Waals surface area contributed by atoms with Crippen LogP contribution in [0, 0.1) is 0 Å². The van der Waals surface area contributed by atoms with Crippen LogP contribution >= 0.6 is 0 Å². The molecule has 3 rings (SSSR count). The van der Waals surface area contributed by atoms with Crippen molar-refractivity contribution in [2.45, 2.75) is 26.0 Å². The van der Waals surface area contributed by atoms with Gasteiger partial charge in [0.25, 0.3) is 5.91 Å². The number of carbonyl (C=O) groups is 3. The number of para-hydroxylation sites is 2. The highest BCUT2D eigenvalue weighted by Gasteiger charge is 2.31. The van der Waals surface area contributed by atoms with E-state index in [0.717, 1.165) is 0 Å². The molecule has 0 aliphatic carbocycles. The molecule has 2 aromatic rings. The van der Waals surface area contributed by atoms with Crippen LogP contribution in [0.4, 0.5) is 5.69 Å². The number of fused-ring (bicyclic) bond motifs is 1. The average molecular weight is 358 g/mol. The van der Waals surface area contributed by atoms with Gasteiger partial charge in [0.15, 0.2) is 6.10 Å². The number of hydrogen-bond donors (Lipinski definition) is 2. The molecule has 0 fully saturated rings. The average Bonchev–Trinajstić information content (AvgIpc) is 3.10. The number of amides is 2. The lowest BCUT2D eigenvalue weighted by atomic mass is 10.1. The van der Waals surface area contributed by atoms with Crippen LogP contribution in [-0.4, -0.2) is 35.5 Å². The summed E-state index contributed by atoms with van der Waals surface area (Å²) in [5, 5.41) is 11.4. The Morgan fingerprint density at radius 3 is 2.73 bits per heavy atom. The Morgan fingerprint density at radius 2 is 2.00 bits per heavy atom. The van der Waals surface area contributed by atoms with Crippen molar-refractivity contribution in [2.24, 2.45) is 0 Å². The zero-order valence-electron chi connectivity index (χ0n) is 14.1. The Morgan fingerprint density at radius 1 is 1.23 bits per heavy atom. The molecule has 0 bridgehead atoms. The number of benzene rings is 1. The van der Waals surface area contributed by atoms with Gasteiger partial charge in [-0.1, -0.05) is 12.1 Å². The minimum Gasteiger partial charge on any atom is -0.479 e. The number of furan rings is 1. The zero-order valence-corrected chi connectivity index (χ0v) is 14.1. The van der Waals surface area contributed by atoms with Gasteiger partial charge in [0, 0.05) is 13.0 Å². The summed E-state index contributed by atoms with van der Waals surface area (Å²) in [6.07, 6.45) is -0.509. The summed E-state index contributed by atoms with van der Waals surface area (Å²) in [6.45, 7) is 1.96. The number of rotatable bonds is 6. The highest BCUT2D eigenvalue weighted by molar-refractivity contribution is 6.00. The summed E-state index contributed by atoms with van der Waals surface area (Å²) < 4.78 is 10.6. The highest BCUT2D eigenvalue weighted by Crippen LogP contribution is 2.33. The molecule has 1 unspecified atom stereocenters. The fourth-order valence-electron chi connectivity index (χ4n) is 2.66. The molecule has 2 amide bonds. The smallest absolute Gasteiger partial charge is 0.371 e. The Hall–Kier alpha value is -3.29. The first kappa shape index (κ1) is 17.5. The third-order valence-electron chi connectivity index (χ3n) is 3.97. The summed E-state index contributed by atoms with van der Waals surface area (Å²) in [4.78, 5) is 36.7. The van der Waals surface area contributed by atoms with Crippen molar-refractivity contribution in [1.82, 2.24) is 5.32 Å². The quantitative estimate of drug-likeness (QED) is 0.815. The number of ether oxygens (including phenoxy) is 1. The predicted molar refractivity (Wildman–Crippen MR) is 91.0 cm³/mol. The van der Waals surface area contributed by atoms with Crippen LogP contribution in [0.1, 0.15) is 29.7 Å². The Balaban J connectivity index is 1.57. The normalized spacial score (nSPS) is 16.0. The summed E-state index contributed by atoms with van der Waals surface area (Å²) in [5.74, 6) is -0.870. The number of nitrogens with zero attached hydrogens (tertiary/aromatic N) is 1. The number of nitrogens with one attached hydrogen (secondary N) is 1. The highest BCUT2D eigenvalue weighted by atomic mass is 16.5. The van der Waals surface area contributed by atoms with Crippen molar-refractivity contribution < 1.29 is 28.6 Å². The fraction of sp³-hybridized carbons (Fsp3) is 0.278. The van der Waals surface area contributed by atoms with Crippen LogP contribution in [0.25, 0.3) is 0 Å². The first-order valence-electron chi connectivity index (χ1n) is 8.11. The molecule has 2 N–H and O–H groups in total. The molecule has 1 aromatic carbocycles. The lowest BCUT2D eigenvalue weighted by molar-refractivity contribution is -0.125. The number of aromatic carboxylic acids is 1. The number of hydrogen-bond acceptors (Lipinski definition) is 5. The largest absolute Gasteiger partial charge is 0.479 e. The van der Waals surface area contributed by atoms with Crippen molar-refractivity contribution in [1.29, 1.82) is 0 Å². The molecule has 8 heteroatoms. The number of carbonyl (C=O) groups excluding carboxylic acids is 2. The van der Waals surface area contributed by atoms with Crippen molar-refractivity contribution in [3.05, 3.63) is 47.9 Å². The van der Waals surface area contributed by atoms with Crippen LogP contribution in [0.15, 0.2) is 40.8 Å². The molecular weight excluding hydrogens is 340 g/mol. The van der Waals surface area contributed by atoms with Crippen LogP contribution in [-0.2, 0) is 16.1 Å². The maximum atomic E-state index is 12.3. The Bertz CT molecular complexity index is 844. The summed E-state index contributed by atoms with van der Waals surface area (Å²) in [6, 6.07) is 9.99. The van der Waals surface area contributed by atoms with Crippen LogP contribution < -0.4 is 15.0 Å². The van der Waals surface area contributed by atoms with E-state index in [4.69, 9.17) is 14.3 Å². The molecule has 1 aromatic heterocycles. The van der Waals surface area contributed by atoms with E-state index in [-0.39, 0.29) is 37.1 Å². The van der Waals surface area contributed by atoms with E-state index in [1.54, 1.807) is 30.0 Å². The lowest BCUT2D eigenvalue weighted by Crippen LogP contribution is -2.45. The van der Waals surface area contributed by atoms with E-state index in [0.29, 0.717) is 17.2 Å². The minimum absolute atomic E-state index is 0.0795. The van der Waals surface area contributed by atoms with E-state index in [1.165, 1.54) is 12.1 Å². The van der Waals surface area contributed by atoms with Gasteiger partial charge in [0.1, 0.15) is 11.5 Å². The third-order valence-corrected chi connectivity index (χ3v) is 3.97.